The lowest BCUT2D eigenvalue weighted by atomic mass is 10.3. The van der Waals surface area contributed by atoms with Gasteiger partial charge >= 0.3 is 0 Å². The van der Waals surface area contributed by atoms with Crippen LogP contribution in [0.2, 0.25) is 0 Å². The van der Waals surface area contributed by atoms with Gasteiger partial charge in [0.15, 0.2) is 0 Å². The van der Waals surface area contributed by atoms with Crippen molar-refractivity contribution >= 4 is 11.5 Å². The van der Waals surface area contributed by atoms with Crippen LogP contribution in [0.25, 0.3) is 0 Å². The summed E-state index contributed by atoms with van der Waals surface area (Å²) in [5, 5.41) is 0. The van der Waals surface area contributed by atoms with Gasteiger partial charge in [-0.3, -0.25) is 0 Å². The van der Waals surface area contributed by atoms with E-state index in [0.717, 1.165) is 18.9 Å². The van der Waals surface area contributed by atoms with E-state index in [2.05, 4.69) is 9.88 Å². The van der Waals surface area contributed by atoms with Crippen molar-refractivity contribution in [1.29, 1.82) is 0 Å². The summed E-state index contributed by atoms with van der Waals surface area (Å²) in [6, 6.07) is 3.69. The van der Waals surface area contributed by atoms with Gasteiger partial charge in [-0.2, -0.15) is 4.98 Å². The molecule has 0 aromatic carbocycles. The van der Waals surface area contributed by atoms with E-state index in [1.54, 1.807) is 14.2 Å². The van der Waals surface area contributed by atoms with Crippen LogP contribution in [0, 0.1) is 0 Å². The first kappa shape index (κ1) is 16.5. The molecule has 0 amide bonds. The fraction of sp³-hybridized carbons (Fsp3) is 0.643. The molecule has 6 heteroatoms. The fourth-order valence-electron chi connectivity index (χ4n) is 1.68. The third-order valence-electron chi connectivity index (χ3n) is 2.68. The molecule has 0 radical (unpaired) electrons. The number of nitrogens with two attached hydrogens (primary N) is 1. The van der Waals surface area contributed by atoms with E-state index in [1.165, 1.54) is 0 Å². The van der Waals surface area contributed by atoms with E-state index < -0.39 is 0 Å². The third-order valence-corrected chi connectivity index (χ3v) is 2.68. The topological polar surface area (TPSA) is 69.8 Å². The van der Waals surface area contributed by atoms with Crippen molar-refractivity contribution in [2.45, 2.75) is 20.0 Å². The standard InChI is InChI=1S/C14H25N3O3/c1-11(2)20-14-12(15)5-6-13(16-14)17(7-9-18-3)8-10-19-4/h5-6,11H,7-10,15H2,1-4H3. The molecule has 0 aliphatic heterocycles. The SMILES string of the molecule is COCCN(CCOC)c1ccc(N)c(OC(C)C)n1. The highest BCUT2D eigenvalue weighted by atomic mass is 16.5. The zero-order chi connectivity index (χ0) is 15.0. The van der Waals surface area contributed by atoms with Crippen molar-refractivity contribution in [2.75, 3.05) is 51.2 Å². The number of hydrogen-bond donors (Lipinski definition) is 1. The molecule has 1 aromatic heterocycles. The van der Waals surface area contributed by atoms with Crippen LogP contribution >= 0.6 is 0 Å². The number of pyridine rings is 1. The lowest BCUT2D eigenvalue weighted by Gasteiger charge is -2.24. The van der Waals surface area contributed by atoms with Gasteiger partial charge in [-0.15, -0.1) is 0 Å². The molecule has 0 bridgehead atoms. The van der Waals surface area contributed by atoms with Crippen molar-refractivity contribution < 1.29 is 14.2 Å². The van der Waals surface area contributed by atoms with Gasteiger partial charge in [0.2, 0.25) is 5.88 Å². The average Bonchev–Trinajstić information content (AvgIpc) is 2.41. The molecule has 20 heavy (non-hydrogen) atoms. The van der Waals surface area contributed by atoms with Crippen molar-refractivity contribution in [3.05, 3.63) is 12.1 Å². The van der Waals surface area contributed by atoms with Gasteiger partial charge in [0.25, 0.3) is 0 Å². The molecule has 6 nitrogen and oxygen atoms in total. The van der Waals surface area contributed by atoms with Gasteiger partial charge in [-0.05, 0) is 26.0 Å². The minimum Gasteiger partial charge on any atom is -0.473 e. The van der Waals surface area contributed by atoms with Crippen LogP contribution in [0.1, 0.15) is 13.8 Å². The maximum absolute atomic E-state index is 5.88. The molecule has 0 unspecified atom stereocenters. The summed E-state index contributed by atoms with van der Waals surface area (Å²) < 4.78 is 15.9. The van der Waals surface area contributed by atoms with Crippen LogP contribution in [0.5, 0.6) is 5.88 Å². The molecule has 0 atom stereocenters. The predicted octanol–water partition coefficient (Wildman–Crippen LogP) is 1.55. The molecule has 0 fully saturated rings. The summed E-state index contributed by atoms with van der Waals surface area (Å²) in [5.41, 5.74) is 6.43. The number of nitrogen functional groups attached to an aromatic ring is 1. The van der Waals surface area contributed by atoms with E-state index in [0.29, 0.717) is 24.8 Å². The Morgan fingerprint density at radius 3 is 2.25 bits per heavy atom. The summed E-state index contributed by atoms with van der Waals surface area (Å²) >= 11 is 0. The molecule has 2 N–H and O–H groups in total. The van der Waals surface area contributed by atoms with Crippen molar-refractivity contribution in [1.82, 2.24) is 4.98 Å². The Kier molecular flexibility index (Phi) is 7.11. The third kappa shape index (κ3) is 5.22. The maximum Gasteiger partial charge on any atom is 0.239 e. The molecule has 114 valence electrons. The summed E-state index contributed by atoms with van der Waals surface area (Å²) in [5.74, 6) is 1.28. The van der Waals surface area contributed by atoms with E-state index in [1.807, 2.05) is 26.0 Å². The largest absolute Gasteiger partial charge is 0.473 e. The van der Waals surface area contributed by atoms with Crippen LogP contribution in [0.3, 0.4) is 0 Å². The van der Waals surface area contributed by atoms with Crippen molar-refractivity contribution in [3.63, 3.8) is 0 Å². The Morgan fingerprint density at radius 2 is 1.75 bits per heavy atom. The summed E-state index contributed by atoms with van der Waals surface area (Å²) in [6.07, 6.45) is 0.0338. The Hall–Kier alpha value is -1.53. The van der Waals surface area contributed by atoms with Gasteiger partial charge < -0.3 is 24.8 Å². The fourth-order valence-corrected chi connectivity index (χ4v) is 1.68. The summed E-state index contributed by atoms with van der Waals surface area (Å²) in [4.78, 5) is 6.57. The van der Waals surface area contributed by atoms with E-state index >= 15 is 0 Å². The number of ether oxygens (including phenoxy) is 3. The quantitative estimate of drug-likeness (QED) is 0.741. The van der Waals surface area contributed by atoms with Gasteiger partial charge in [0, 0.05) is 27.3 Å². The summed E-state index contributed by atoms with van der Waals surface area (Å²) in [7, 11) is 3.36. The average molecular weight is 283 g/mol. The molecule has 0 aliphatic carbocycles. The molecular weight excluding hydrogens is 258 g/mol. The summed E-state index contributed by atoms with van der Waals surface area (Å²) in [6.45, 7) is 6.60. The number of anilines is 2. The highest BCUT2D eigenvalue weighted by Crippen LogP contribution is 2.24. The monoisotopic (exact) mass is 283 g/mol. The molecular formula is C14H25N3O3. The first-order valence-electron chi connectivity index (χ1n) is 6.74. The Labute approximate surface area is 120 Å². The lowest BCUT2D eigenvalue weighted by molar-refractivity contribution is 0.189. The highest BCUT2D eigenvalue weighted by Gasteiger charge is 2.12. The molecule has 1 aromatic rings. The second-order valence-corrected chi connectivity index (χ2v) is 4.70. The second-order valence-electron chi connectivity index (χ2n) is 4.70. The molecule has 1 heterocycles. The number of rotatable bonds is 9. The van der Waals surface area contributed by atoms with Crippen molar-refractivity contribution in [3.8, 4) is 5.88 Å². The lowest BCUT2D eigenvalue weighted by Crippen LogP contribution is -2.31. The number of aromatic nitrogens is 1. The van der Waals surface area contributed by atoms with E-state index in [9.17, 15) is 0 Å². The second kappa shape index (κ2) is 8.60. The first-order valence-corrected chi connectivity index (χ1v) is 6.74. The minimum atomic E-state index is 0.0338. The van der Waals surface area contributed by atoms with Crippen LogP contribution in [-0.2, 0) is 9.47 Å². The zero-order valence-electron chi connectivity index (χ0n) is 12.8. The normalized spacial score (nSPS) is 10.8. The molecule has 0 saturated heterocycles. The minimum absolute atomic E-state index is 0.0338. The predicted molar refractivity (Wildman–Crippen MR) is 80.4 cm³/mol. The smallest absolute Gasteiger partial charge is 0.239 e. The van der Waals surface area contributed by atoms with Gasteiger partial charge in [0.1, 0.15) is 5.82 Å². The van der Waals surface area contributed by atoms with Gasteiger partial charge in [-0.1, -0.05) is 0 Å². The Balaban J connectivity index is 2.88. The molecule has 1 rings (SSSR count). The van der Waals surface area contributed by atoms with Gasteiger partial charge in [0.05, 0.1) is 25.0 Å². The zero-order valence-corrected chi connectivity index (χ0v) is 12.8. The van der Waals surface area contributed by atoms with E-state index in [4.69, 9.17) is 19.9 Å². The Bertz CT molecular complexity index is 391. The van der Waals surface area contributed by atoms with Crippen LogP contribution in [0.15, 0.2) is 12.1 Å². The molecule has 0 aliphatic rings. The van der Waals surface area contributed by atoms with Crippen LogP contribution < -0.4 is 15.4 Å². The number of nitrogens with zero attached hydrogens (tertiary/aromatic N) is 2. The van der Waals surface area contributed by atoms with E-state index in [-0.39, 0.29) is 6.10 Å². The highest BCUT2D eigenvalue weighted by molar-refractivity contribution is 5.54. The number of methoxy groups -OCH3 is 2. The Morgan fingerprint density at radius 1 is 1.15 bits per heavy atom. The first-order chi connectivity index (χ1) is 9.58. The number of hydrogen-bond acceptors (Lipinski definition) is 6. The molecule has 0 saturated carbocycles. The van der Waals surface area contributed by atoms with Crippen LogP contribution in [0.4, 0.5) is 11.5 Å². The van der Waals surface area contributed by atoms with Gasteiger partial charge in [-0.25, -0.2) is 0 Å². The maximum atomic E-state index is 5.88. The van der Waals surface area contributed by atoms with Crippen molar-refractivity contribution in [2.24, 2.45) is 0 Å². The van der Waals surface area contributed by atoms with Crippen LogP contribution in [-0.4, -0.2) is 51.6 Å². The molecule has 0 spiro atoms.